The molecule has 0 saturated carbocycles. The highest BCUT2D eigenvalue weighted by Gasteiger charge is 2.21. The maximum Gasteiger partial charge on any atom is 0.264 e. The molecule has 0 heterocycles. The number of thiocarbonyl (C=S) groups is 1. The van der Waals surface area contributed by atoms with Crippen LogP contribution in [-0.2, 0) is 10.0 Å². The molecule has 0 aromatic heterocycles. The van der Waals surface area contributed by atoms with Crippen molar-refractivity contribution >= 4 is 32.9 Å². The van der Waals surface area contributed by atoms with Gasteiger partial charge in [-0.1, -0.05) is 42.0 Å². The van der Waals surface area contributed by atoms with Crippen molar-refractivity contribution in [2.24, 2.45) is 5.73 Å². The second kappa shape index (κ2) is 5.83. The average molecular weight is 320 g/mol. The molecule has 2 rings (SSSR count). The van der Waals surface area contributed by atoms with Crippen LogP contribution in [0.25, 0.3) is 0 Å². The van der Waals surface area contributed by atoms with Gasteiger partial charge in [-0.3, -0.25) is 4.31 Å². The summed E-state index contributed by atoms with van der Waals surface area (Å²) in [5.41, 5.74) is 7.75. The van der Waals surface area contributed by atoms with Gasteiger partial charge >= 0.3 is 0 Å². The monoisotopic (exact) mass is 320 g/mol. The number of anilines is 1. The van der Waals surface area contributed by atoms with Crippen molar-refractivity contribution in [3.05, 3.63) is 59.7 Å². The molecule has 2 aromatic rings. The number of hydrogen-bond acceptors (Lipinski definition) is 3. The van der Waals surface area contributed by atoms with Gasteiger partial charge in [0.15, 0.2) is 0 Å². The molecule has 0 saturated heterocycles. The van der Waals surface area contributed by atoms with Crippen molar-refractivity contribution < 1.29 is 8.42 Å². The third kappa shape index (κ3) is 3.22. The van der Waals surface area contributed by atoms with E-state index in [0.717, 1.165) is 5.56 Å². The first-order valence-electron chi connectivity index (χ1n) is 6.28. The van der Waals surface area contributed by atoms with Gasteiger partial charge in [0.25, 0.3) is 10.0 Å². The number of aryl methyl sites for hydroxylation is 1. The second-order valence-electron chi connectivity index (χ2n) is 4.70. The summed E-state index contributed by atoms with van der Waals surface area (Å²) < 4.78 is 26.5. The normalized spacial score (nSPS) is 11.1. The molecule has 21 heavy (non-hydrogen) atoms. The lowest BCUT2D eigenvalue weighted by molar-refractivity contribution is 0.594. The highest BCUT2D eigenvalue weighted by Crippen LogP contribution is 2.22. The lowest BCUT2D eigenvalue weighted by Crippen LogP contribution is -2.26. The van der Waals surface area contributed by atoms with Crippen LogP contribution in [0.1, 0.15) is 11.1 Å². The molecular formula is C15H16N2O2S2. The van der Waals surface area contributed by atoms with Gasteiger partial charge in [0, 0.05) is 12.6 Å². The molecule has 0 aliphatic rings. The van der Waals surface area contributed by atoms with Crippen molar-refractivity contribution in [2.45, 2.75) is 11.8 Å². The largest absolute Gasteiger partial charge is 0.389 e. The lowest BCUT2D eigenvalue weighted by atomic mass is 10.2. The fourth-order valence-corrected chi connectivity index (χ4v) is 3.23. The van der Waals surface area contributed by atoms with Crippen LogP contribution in [-0.4, -0.2) is 20.5 Å². The Morgan fingerprint density at radius 2 is 1.76 bits per heavy atom. The van der Waals surface area contributed by atoms with Gasteiger partial charge in [-0.05, 0) is 31.2 Å². The Hall–Kier alpha value is -1.92. The number of sulfonamides is 1. The Labute approximate surface area is 130 Å². The molecule has 4 nitrogen and oxygen atoms in total. The zero-order valence-electron chi connectivity index (χ0n) is 11.8. The standard InChI is InChI=1S/C15H16N2O2S2/c1-11-6-8-13(9-7-11)17(2)21(18,19)14-5-3-4-12(10-14)15(16)20/h3-10H,1-2H3,(H2,16,20). The topological polar surface area (TPSA) is 63.4 Å². The minimum atomic E-state index is -3.64. The summed E-state index contributed by atoms with van der Waals surface area (Å²) in [6.07, 6.45) is 0. The smallest absolute Gasteiger partial charge is 0.264 e. The molecule has 0 aliphatic carbocycles. The van der Waals surface area contributed by atoms with E-state index < -0.39 is 10.0 Å². The maximum atomic E-state index is 12.6. The van der Waals surface area contributed by atoms with Crippen molar-refractivity contribution in [3.8, 4) is 0 Å². The number of hydrogen-bond donors (Lipinski definition) is 1. The number of nitrogens with zero attached hydrogens (tertiary/aromatic N) is 1. The zero-order valence-corrected chi connectivity index (χ0v) is 13.4. The van der Waals surface area contributed by atoms with Gasteiger partial charge in [-0.15, -0.1) is 0 Å². The van der Waals surface area contributed by atoms with Gasteiger partial charge in [0.1, 0.15) is 4.99 Å². The van der Waals surface area contributed by atoms with Crippen LogP contribution in [0.4, 0.5) is 5.69 Å². The molecule has 0 spiro atoms. The minimum absolute atomic E-state index is 0.163. The highest BCUT2D eigenvalue weighted by molar-refractivity contribution is 7.92. The van der Waals surface area contributed by atoms with Crippen LogP contribution in [0.3, 0.4) is 0 Å². The number of benzene rings is 2. The summed E-state index contributed by atoms with van der Waals surface area (Å²) in [6, 6.07) is 13.6. The fraction of sp³-hybridized carbons (Fsp3) is 0.133. The molecule has 0 radical (unpaired) electrons. The number of nitrogens with two attached hydrogens (primary N) is 1. The van der Waals surface area contributed by atoms with Gasteiger partial charge < -0.3 is 5.73 Å². The van der Waals surface area contributed by atoms with E-state index in [4.69, 9.17) is 18.0 Å². The maximum absolute atomic E-state index is 12.6. The average Bonchev–Trinajstić information content (AvgIpc) is 2.47. The first kappa shape index (κ1) is 15.5. The molecule has 2 aromatic carbocycles. The van der Waals surface area contributed by atoms with Gasteiger partial charge in [-0.25, -0.2) is 8.42 Å². The fourth-order valence-electron chi connectivity index (χ4n) is 1.86. The molecule has 0 bridgehead atoms. The van der Waals surface area contributed by atoms with E-state index in [1.165, 1.54) is 23.5 Å². The van der Waals surface area contributed by atoms with Crippen LogP contribution >= 0.6 is 12.2 Å². The van der Waals surface area contributed by atoms with Gasteiger partial charge in [0.2, 0.25) is 0 Å². The van der Waals surface area contributed by atoms with E-state index in [2.05, 4.69) is 0 Å². The SMILES string of the molecule is Cc1ccc(N(C)S(=O)(=O)c2cccc(C(N)=S)c2)cc1. The third-order valence-corrected chi connectivity index (χ3v) is 5.19. The van der Waals surface area contributed by atoms with Crippen LogP contribution in [0, 0.1) is 6.92 Å². The van der Waals surface area contributed by atoms with E-state index in [0.29, 0.717) is 11.3 Å². The number of rotatable bonds is 4. The van der Waals surface area contributed by atoms with E-state index in [1.807, 2.05) is 19.1 Å². The molecule has 0 fully saturated rings. The molecule has 0 amide bonds. The van der Waals surface area contributed by atoms with Crippen LogP contribution in [0.2, 0.25) is 0 Å². The summed E-state index contributed by atoms with van der Waals surface area (Å²) in [6.45, 7) is 1.95. The predicted molar refractivity (Wildman–Crippen MR) is 89.1 cm³/mol. The molecule has 110 valence electrons. The summed E-state index contributed by atoms with van der Waals surface area (Å²) in [4.78, 5) is 0.334. The van der Waals surface area contributed by atoms with E-state index >= 15 is 0 Å². The van der Waals surface area contributed by atoms with Crippen molar-refractivity contribution in [2.75, 3.05) is 11.4 Å². The van der Waals surface area contributed by atoms with Crippen molar-refractivity contribution in [3.63, 3.8) is 0 Å². The quantitative estimate of drug-likeness (QED) is 0.879. The van der Waals surface area contributed by atoms with Crippen LogP contribution in [0.15, 0.2) is 53.4 Å². The summed E-state index contributed by atoms with van der Waals surface area (Å²) in [7, 11) is -2.12. The molecule has 6 heteroatoms. The molecule has 2 N–H and O–H groups in total. The predicted octanol–water partition coefficient (Wildman–Crippen LogP) is 2.45. The van der Waals surface area contributed by atoms with Gasteiger partial charge in [-0.2, -0.15) is 0 Å². The summed E-state index contributed by atoms with van der Waals surface area (Å²) in [5, 5.41) is 0. The summed E-state index contributed by atoms with van der Waals surface area (Å²) >= 11 is 4.89. The van der Waals surface area contributed by atoms with Gasteiger partial charge in [0.05, 0.1) is 10.6 Å². The Kier molecular flexibility index (Phi) is 4.29. The summed E-state index contributed by atoms with van der Waals surface area (Å²) in [5.74, 6) is 0. The Morgan fingerprint density at radius 1 is 1.14 bits per heavy atom. The first-order chi connectivity index (χ1) is 9.82. The van der Waals surface area contributed by atoms with E-state index in [1.54, 1.807) is 24.3 Å². The van der Waals surface area contributed by atoms with Crippen LogP contribution in [0.5, 0.6) is 0 Å². The molecule has 0 atom stereocenters. The first-order valence-corrected chi connectivity index (χ1v) is 8.12. The van der Waals surface area contributed by atoms with Crippen molar-refractivity contribution in [1.82, 2.24) is 0 Å². The van der Waals surface area contributed by atoms with Crippen LogP contribution < -0.4 is 10.0 Å². The minimum Gasteiger partial charge on any atom is -0.389 e. The Bertz CT molecular complexity index is 769. The van der Waals surface area contributed by atoms with Crippen molar-refractivity contribution in [1.29, 1.82) is 0 Å². The Balaban J connectivity index is 2.44. The zero-order chi connectivity index (χ0) is 15.6. The van der Waals surface area contributed by atoms with E-state index in [-0.39, 0.29) is 9.88 Å². The third-order valence-electron chi connectivity index (χ3n) is 3.17. The second-order valence-corrected chi connectivity index (χ2v) is 7.11. The lowest BCUT2D eigenvalue weighted by Gasteiger charge is -2.20. The van der Waals surface area contributed by atoms with E-state index in [9.17, 15) is 8.42 Å². The molecular weight excluding hydrogens is 304 g/mol. The molecule has 0 unspecified atom stereocenters. The molecule has 0 aliphatic heterocycles. The highest BCUT2D eigenvalue weighted by atomic mass is 32.2. The Morgan fingerprint density at radius 3 is 2.33 bits per heavy atom.